The van der Waals surface area contributed by atoms with Crippen molar-refractivity contribution in [3.63, 3.8) is 0 Å². The van der Waals surface area contributed by atoms with Gasteiger partial charge >= 0.3 is 0 Å². The standard InChI is InChI=1S/C14H24O3/c15-9-4-5-13(16)12-6-10-17-14(11-12)7-2-1-3-8-14/h12,15H,1-11H2. The number of hydrogen-bond donors (Lipinski definition) is 1. The molecule has 3 nitrogen and oxygen atoms in total. The first-order chi connectivity index (χ1) is 8.26. The largest absolute Gasteiger partial charge is 0.396 e. The molecule has 2 rings (SSSR count). The minimum absolute atomic E-state index is 0.0239. The van der Waals surface area contributed by atoms with Gasteiger partial charge < -0.3 is 9.84 Å². The molecule has 1 saturated heterocycles. The Morgan fingerprint density at radius 1 is 1.29 bits per heavy atom. The van der Waals surface area contributed by atoms with Gasteiger partial charge in [-0.3, -0.25) is 4.79 Å². The molecular weight excluding hydrogens is 216 g/mol. The molecule has 0 amide bonds. The highest BCUT2D eigenvalue weighted by Gasteiger charge is 2.40. The Morgan fingerprint density at radius 3 is 2.76 bits per heavy atom. The van der Waals surface area contributed by atoms with Crippen molar-refractivity contribution in [1.29, 1.82) is 0 Å². The maximum atomic E-state index is 12.0. The van der Waals surface area contributed by atoms with Gasteiger partial charge in [-0.15, -0.1) is 0 Å². The highest BCUT2D eigenvalue weighted by atomic mass is 16.5. The predicted molar refractivity (Wildman–Crippen MR) is 65.8 cm³/mol. The lowest BCUT2D eigenvalue weighted by atomic mass is 9.74. The third kappa shape index (κ3) is 3.29. The lowest BCUT2D eigenvalue weighted by Crippen LogP contribution is -2.43. The van der Waals surface area contributed by atoms with Gasteiger partial charge in [0.1, 0.15) is 5.78 Å². The number of ketones is 1. The predicted octanol–water partition coefficient (Wildman–Crippen LogP) is 2.46. The molecule has 0 radical (unpaired) electrons. The molecule has 1 spiro atoms. The van der Waals surface area contributed by atoms with Crippen LogP contribution in [0.3, 0.4) is 0 Å². The molecular formula is C14H24O3. The van der Waals surface area contributed by atoms with Crippen molar-refractivity contribution in [2.24, 2.45) is 5.92 Å². The van der Waals surface area contributed by atoms with E-state index in [0.29, 0.717) is 18.6 Å². The van der Waals surface area contributed by atoms with Crippen LogP contribution in [0.2, 0.25) is 0 Å². The molecule has 0 aromatic heterocycles. The number of carbonyl (C=O) groups is 1. The Labute approximate surface area is 104 Å². The lowest BCUT2D eigenvalue weighted by Gasteiger charge is -2.43. The van der Waals surface area contributed by atoms with Crippen molar-refractivity contribution in [2.75, 3.05) is 13.2 Å². The fraction of sp³-hybridized carbons (Fsp3) is 0.929. The maximum absolute atomic E-state index is 12.0. The van der Waals surface area contributed by atoms with Crippen LogP contribution in [-0.2, 0) is 9.53 Å². The quantitative estimate of drug-likeness (QED) is 0.821. The zero-order valence-electron chi connectivity index (χ0n) is 10.6. The van der Waals surface area contributed by atoms with Crippen LogP contribution in [0.4, 0.5) is 0 Å². The molecule has 0 aromatic rings. The molecule has 2 fully saturated rings. The summed E-state index contributed by atoms with van der Waals surface area (Å²) in [5.41, 5.74) is 0.0239. The average molecular weight is 240 g/mol. The van der Waals surface area contributed by atoms with Gasteiger partial charge in [-0.05, 0) is 32.1 Å². The Kier molecular flexibility index (Phi) is 4.57. The van der Waals surface area contributed by atoms with Crippen LogP contribution in [0.5, 0.6) is 0 Å². The third-order valence-corrected chi connectivity index (χ3v) is 4.29. The summed E-state index contributed by atoms with van der Waals surface area (Å²) in [7, 11) is 0. The van der Waals surface area contributed by atoms with Crippen LogP contribution in [0, 0.1) is 5.92 Å². The Hall–Kier alpha value is -0.410. The molecule has 3 heteroatoms. The molecule has 1 unspecified atom stereocenters. The summed E-state index contributed by atoms with van der Waals surface area (Å²) >= 11 is 0. The summed E-state index contributed by atoms with van der Waals surface area (Å²) in [5.74, 6) is 0.528. The van der Waals surface area contributed by atoms with Crippen molar-refractivity contribution in [3.05, 3.63) is 0 Å². The smallest absolute Gasteiger partial charge is 0.136 e. The van der Waals surface area contributed by atoms with Gasteiger partial charge in [-0.1, -0.05) is 19.3 Å². The van der Waals surface area contributed by atoms with Gasteiger partial charge in [0.15, 0.2) is 0 Å². The fourth-order valence-corrected chi connectivity index (χ4v) is 3.30. The van der Waals surface area contributed by atoms with Crippen molar-refractivity contribution in [1.82, 2.24) is 0 Å². The summed E-state index contributed by atoms with van der Waals surface area (Å²) < 4.78 is 5.99. The molecule has 0 aromatic carbocycles. The topological polar surface area (TPSA) is 46.5 Å². The van der Waals surface area contributed by atoms with Crippen molar-refractivity contribution in [2.45, 2.75) is 63.4 Å². The number of Topliss-reactive ketones (excluding diaryl/α,β-unsaturated/α-hetero) is 1. The van der Waals surface area contributed by atoms with E-state index in [1.54, 1.807) is 0 Å². The van der Waals surface area contributed by atoms with Gasteiger partial charge in [0.05, 0.1) is 5.60 Å². The normalized spacial score (nSPS) is 28.2. The molecule has 1 aliphatic carbocycles. The van der Waals surface area contributed by atoms with Gasteiger partial charge in [-0.25, -0.2) is 0 Å². The van der Waals surface area contributed by atoms with E-state index >= 15 is 0 Å². The minimum Gasteiger partial charge on any atom is -0.396 e. The van der Waals surface area contributed by atoms with Gasteiger partial charge in [0.25, 0.3) is 0 Å². The number of aliphatic hydroxyl groups is 1. The van der Waals surface area contributed by atoms with Crippen LogP contribution < -0.4 is 0 Å². The molecule has 17 heavy (non-hydrogen) atoms. The van der Waals surface area contributed by atoms with Gasteiger partial charge in [-0.2, -0.15) is 0 Å². The first-order valence-corrected chi connectivity index (χ1v) is 7.03. The summed E-state index contributed by atoms with van der Waals surface area (Å²) in [4.78, 5) is 12.0. The first-order valence-electron chi connectivity index (χ1n) is 7.03. The molecule has 98 valence electrons. The molecule has 1 atom stereocenters. The molecule has 1 aliphatic heterocycles. The van der Waals surface area contributed by atoms with Gasteiger partial charge in [0, 0.05) is 25.6 Å². The SMILES string of the molecule is O=C(CCCO)C1CCOC2(CCCCC2)C1. The number of ether oxygens (including phenoxy) is 1. The zero-order chi connectivity index (χ0) is 12.1. The first kappa shape index (κ1) is 13.0. The highest BCUT2D eigenvalue weighted by Crippen LogP contribution is 2.41. The maximum Gasteiger partial charge on any atom is 0.136 e. The van der Waals surface area contributed by atoms with Crippen LogP contribution in [-0.4, -0.2) is 29.7 Å². The average Bonchev–Trinajstić information content (AvgIpc) is 2.37. The Bertz CT molecular complexity index is 251. The third-order valence-electron chi connectivity index (χ3n) is 4.29. The Morgan fingerprint density at radius 2 is 2.06 bits per heavy atom. The van der Waals surface area contributed by atoms with Crippen LogP contribution >= 0.6 is 0 Å². The van der Waals surface area contributed by atoms with E-state index in [9.17, 15) is 4.79 Å². The minimum atomic E-state index is 0.0239. The van der Waals surface area contributed by atoms with Crippen LogP contribution in [0.1, 0.15) is 57.8 Å². The molecule has 1 heterocycles. The van der Waals surface area contributed by atoms with E-state index in [1.807, 2.05) is 0 Å². The van der Waals surface area contributed by atoms with Crippen molar-refractivity contribution >= 4 is 5.78 Å². The van der Waals surface area contributed by atoms with E-state index in [2.05, 4.69) is 0 Å². The molecule has 1 N–H and O–H groups in total. The van der Waals surface area contributed by atoms with E-state index in [1.165, 1.54) is 19.3 Å². The number of carbonyl (C=O) groups excluding carboxylic acids is 1. The fourth-order valence-electron chi connectivity index (χ4n) is 3.30. The monoisotopic (exact) mass is 240 g/mol. The molecule has 2 aliphatic rings. The zero-order valence-corrected chi connectivity index (χ0v) is 10.6. The van der Waals surface area contributed by atoms with E-state index in [0.717, 1.165) is 32.3 Å². The van der Waals surface area contributed by atoms with E-state index < -0.39 is 0 Å². The lowest BCUT2D eigenvalue weighted by molar-refractivity contribution is -0.143. The number of rotatable bonds is 4. The molecule has 0 bridgehead atoms. The second-order valence-corrected chi connectivity index (χ2v) is 5.58. The number of aliphatic hydroxyl groups excluding tert-OH is 1. The summed E-state index contributed by atoms with van der Waals surface area (Å²) in [5, 5.41) is 8.78. The van der Waals surface area contributed by atoms with E-state index in [4.69, 9.17) is 9.84 Å². The van der Waals surface area contributed by atoms with Gasteiger partial charge in [0.2, 0.25) is 0 Å². The van der Waals surface area contributed by atoms with Crippen LogP contribution in [0.15, 0.2) is 0 Å². The highest BCUT2D eigenvalue weighted by molar-refractivity contribution is 5.81. The summed E-state index contributed by atoms with van der Waals surface area (Å²) in [6.45, 7) is 0.871. The second-order valence-electron chi connectivity index (χ2n) is 5.58. The van der Waals surface area contributed by atoms with E-state index in [-0.39, 0.29) is 18.1 Å². The van der Waals surface area contributed by atoms with Crippen molar-refractivity contribution < 1.29 is 14.6 Å². The summed E-state index contributed by atoms with van der Waals surface area (Å²) in [6, 6.07) is 0. The van der Waals surface area contributed by atoms with Crippen LogP contribution in [0.25, 0.3) is 0 Å². The summed E-state index contributed by atoms with van der Waals surface area (Å²) in [6.07, 6.45) is 9.04. The second kappa shape index (κ2) is 5.96. The Balaban J connectivity index is 1.89. The van der Waals surface area contributed by atoms with Crippen molar-refractivity contribution in [3.8, 4) is 0 Å². The molecule has 1 saturated carbocycles. The number of hydrogen-bond acceptors (Lipinski definition) is 3.